The van der Waals surface area contributed by atoms with Crippen LogP contribution in [0.5, 0.6) is 5.75 Å². The zero-order valence-electron chi connectivity index (χ0n) is 14.0. The maximum absolute atomic E-state index is 11.4. The van der Waals surface area contributed by atoms with Gasteiger partial charge in [0, 0.05) is 28.0 Å². The van der Waals surface area contributed by atoms with Gasteiger partial charge in [0.05, 0.1) is 12.1 Å². The van der Waals surface area contributed by atoms with E-state index in [2.05, 4.69) is 10.3 Å². The molecule has 0 atom stereocenters. The number of aromatic nitrogens is 1. The van der Waals surface area contributed by atoms with Gasteiger partial charge < -0.3 is 10.1 Å². The minimum Gasteiger partial charge on any atom is -0.494 e. The van der Waals surface area contributed by atoms with Crippen molar-refractivity contribution in [3.8, 4) is 5.75 Å². The van der Waals surface area contributed by atoms with Crippen LogP contribution < -0.4 is 15.5 Å². The summed E-state index contributed by atoms with van der Waals surface area (Å²) in [5.74, 6) is 0.247. The number of amides is 1. The molecule has 128 valence electrons. The summed E-state index contributed by atoms with van der Waals surface area (Å²) in [6, 6.07) is 14.6. The zero-order valence-corrected chi connectivity index (χ0v) is 14.0. The molecule has 3 rings (SSSR count). The Balaban J connectivity index is 1.96. The second-order valence-corrected chi connectivity index (χ2v) is 5.57. The Bertz CT molecular complexity index is 908. The highest BCUT2D eigenvalue weighted by molar-refractivity contribution is 5.95. The number of fused-ring (bicyclic) bond motifs is 1. The molecule has 0 aliphatic heterocycles. The van der Waals surface area contributed by atoms with E-state index in [0.29, 0.717) is 12.2 Å². The molecular weight excluding hydrogens is 318 g/mol. The van der Waals surface area contributed by atoms with Gasteiger partial charge in [-0.2, -0.15) is 0 Å². The van der Waals surface area contributed by atoms with Crippen molar-refractivity contribution in [3.63, 3.8) is 0 Å². The lowest BCUT2D eigenvalue weighted by Crippen LogP contribution is -2.18. The van der Waals surface area contributed by atoms with Gasteiger partial charge in [0.25, 0.3) is 5.91 Å². The topological polar surface area (TPSA) is 83.5 Å². The summed E-state index contributed by atoms with van der Waals surface area (Å²) in [4.78, 5) is 15.9. The van der Waals surface area contributed by atoms with Crippen LogP contribution in [-0.2, 0) is 0 Å². The average Bonchev–Trinajstić information content (AvgIpc) is 2.62. The van der Waals surface area contributed by atoms with Gasteiger partial charge >= 0.3 is 0 Å². The molecule has 0 fully saturated rings. The van der Waals surface area contributed by atoms with Crippen LogP contribution in [0.4, 0.5) is 11.4 Å². The summed E-state index contributed by atoms with van der Waals surface area (Å²) in [7, 11) is 0. The van der Waals surface area contributed by atoms with Crippen LogP contribution in [-0.4, -0.2) is 22.7 Å². The number of rotatable bonds is 5. The highest BCUT2D eigenvalue weighted by Crippen LogP contribution is 2.29. The first-order valence-corrected chi connectivity index (χ1v) is 7.96. The molecule has 6 nitrogen and oxygen atoms in total. The molecule has 2 aromatic carbocycles. The van der Waals surface area contributed by atoms with E-state index in [1.165, 1.54) is 0 Å². The number of nitrogens with zero attached hydrogens (tertiary/aromatic N) is 1. The predicted octanol–water partition coefficient (Wildman–Crippen LogP) is 3.80. The molecule has 1 aromatic heterocycles. The van der Waals surface area contributed by atoms with E-state index in [9.17, 15) is 4.79 Å². The standard InChI is InChI=1S/C19H19N3O3/c1-3-25-15-8-9-17-16(11-15)18(10-12(2)20-17)21-14-6-4-13(5-7-14)19(23)22-24/h4-11,24H,3H2,1-2H3,(H,20,21)(H,22,23). The number of hydrogen-bond donors (Lipinski definition) is 3. The first-order valence-electron chi connectivity index (χ1n) is 7.96. The molecule has 1 amide bonds. The highest BCUT2D eigenvalue weighted by atomic mass is 16.5. The number of carbonyl (C=O) groups is 1. The van der Waals surface area contributed by atoms with Crippen LogP contribution in [0.15, 0.2) is 48.5 Å². The fourth-order valence-corrected chi connectivity index (χ4v) is 2.62. The highest BCUT2D eigenvalue weighted by Gasteiger charge is 2.08. The van der Waals surface area contributed by atoms with Crippen molar-refractivity contribution >= 4 is 28.2 Å². The van der Waals surface area contributed by atoms with Crippen molar-refractivity contribution in [2.75, 3.05) is 11.9 Å². The number of hydrogen-bond acceptors (Lipinski definition) is 5. The number of ether oxygens (including phenoxy) is 1. The maximum atomic E-state index is 11.4. The van der Waals surface area contributed by atoms with Gasteiger partial charge in [-0.25, -0.2) is 5.48 Å². The van der Waals surface area contributed by atoms with E-state index in [1.807, 2.05) is 38.1 Å². The second kappa shape index (κ2) is 7.19. The van der Waals surface area contributed by atoms with Gasteiger partial charge in [-0.05, 0) is 62.4 Å². The summed E-state index contributed by atoms with van der Waals surface area (Å²) in [6.07, 6.45) is 0. The lowest BCUT2D eigenvalue weighted by atomic mass is 10.1. The number of nitrogens with one attached hydrogen (secondary N) is 2. The van der Waals surface area contributed by atoms with E-state index in [0.717, 1.165) is 33.7 Å². The Morgan fingerprint density at radius 2 is 1.92 bits per heavy atom. The summed E-state index contributed by atoms with van der Waals surface area (Å²) in [5, 5.41) is 13.0. The van der Waals surface area contributed by atoms with Crippen molar-refractivity contribution in [2.24, 2.45) is 0 Å². The van der Waals surface area contributed by atoms with E-state index in [1.54, 1.807) is 29.7 Å². The van der Waals surface area contributed by atoms with Crippen molar-refractivity contribution in [1.82, 2.24) is 10.5 Å². The SMILES string of the molecule is CCOc1ccc2nc(C)cc(Nc3ccc(C(=O)NO)cc3)c2c1. The smallest absolute Gasteiger partial charge is 0.274 e. The number of anilines is 2. The fourth-order valence-electron chi connectivity index (χ4n) is 2.62. The molecule has 0 bridgehead atoms. The molecule has 0 aliphatic rings. The van der Waals surface area contributed by atoms with Crippen molar-refractivity contribution in [2.45, 2.75) is 13.8 Å². The molecule has 0 saturated heterocycles. The monoisotopic (exact) mass is 337 g/mol. The molecule has 0 aliphatic carbocycles. The number of pyridine rings is 1. The normalized spacial score (nSPS) is 10.5. The minimum absolute atomic E-state index is 0.377. The fraction of sp³-hybridized carbons (Fsp3) is 0.158. The molecule has 25 heavy (non-hydrogen) atoms. The molecule has 3 aromatic rings. The molecule has 0 spiro atoms. The van der Waals surface area contributed by atoms with Gasteiger partial charge in [-0.1, -0.05) is 0 Å². The summed E-state index contributed by atoms with van der Waals surface area (Å²) in [6.45, 7) is 4.48. The van der Waals surface area contributed by atoms with Gasteiger partial charge in [-0.15, -0.1) is 0 Å². The van der Waals surface area contributed by atoms with Gasteiger partial charge in [0.15, 0.2) is 0 Å². The summed E-state index contributed by atoms with van der Waals surface area (Å²) < 4.78 is 5.58. The lowest BCUT2D eigenvalue weighted by Gasteiger charge is -2.12. The predicted molar refractivity (Wildman–Crippen MR) is 96.6 cm³/mol. The Morgan fingerprint density at radius 1 is 1.16 bits per heavy atom. The van der Waals surface area contributed by atoms with Gasteiger partial charge in [0.2, 0.25) is 0 Å². The van der Waals surface area contributed by atoms with Crippen molar-refractivity contribution < 1.29 is 14.7 Å². The van der Waals surface area contributed by atoms with E-state index < -0.39 is 5.91 Å². The number of carbonyl (C=O) groups excluding carboxylic acids is 1. The zero-order chi connectivity index (χ0) is 17.8. The van der Waals surface area contributed by atoms with Crippen LogP contribution in [0.25, 0.3) is 10.9 Å². The third-order valence-electron chi connectivity index (χ3n) is 3.75. The Morgan fingerprint density at radius 3 is 2.60 bits per heavy atom. The molecule has 3 N–H and O–H groups in total. The quantitative estimate of drug-likeness (QED) is 0.487. The third-order valence-corrected chi connectivity index (χ3v) is 3.75. The largest absolute Gasteiger partial charge is 0.494 e. The van der Waals surface area contributed by atoms with Crippen LogP contribution in [0.1, 0.15) is 23.0 Å². The lowest BCUT2D eigenvalue weighted by molar-refractivity contribution is 0.0706. The molecule has 6 heteroatoms. The van der Waals surface area contributed by atoms with E-state index >= 15 is 0 Å². The number of aryl methyl sites for hydroxylation is 1. The van der Waals surface area contributed by atoms with Crippen LogP contribution in [0, 0.1) is 6.92 Å². The molecule has 1 heterocycles. The van der Waals surface area contributed by atoms with Crippen LogP contribution in [0.3, 0.4) is 0 Å². The van der Waals surface area contributed by atoms with Crippen molar-refractivity contribution in [3.05, 3.63) is 59.8 Å². The Hall–Kier alpha value is -3.12. The average molecular weight is 337 g/mol. The molecular formula is C19H19N3O3. The third kappa shape index (κ3) is 3.70. The maximum Gasteiger partial charge on any atom is 0.274 e. The van der Waals surface area contributed by atoms with Crippen molar-refractivity contribution in [1.29, 1.82) is 0 Å². The molecule has 0 radical (unpaired) electrons. The van der Waals surface area contributed by atoms with Gasteiger partial charge in [0.1, 0.15) is 5.75 Å². The minimum atomic E-state index is -0.543. The summed E-state index contributed by atoms with van der Waals surface area (Å²) in [5.41, 5.74) is 5.50. The van der Waals surface area contributed by atoms with E-state index in [-0.39, 0.29) is 0 Å². The first kappa shape index (κ1) is 16.7. The Labute approximate surface area is 145 Å². The number of hydroxylamine groups is 1. The summed E-state index contributed by atoms with van der Waals surface area (Å²) >= 11 is 0. The van der Waals surface area contributed by atoms with Crippen LogP contribution >= 0.6 is 0 Å². The Kier molecular flexibility index (Phi) is 4.81. The first-order chi connectivity index (χ1) is 12.1. The molecule has 0 unspecified atom stereocenters. The van der Waals surface area contributed by atoms with Gasteiger partial charge in [-0.3, -0.25) is 15.0 Å². The second-order valence-electron chi connectivity index (χ2n) is 5.57. The van der Waals surface area contributed by atoms with Crippen LogP contribution in [0.2, 0.25) is 0 Å². The van der Waals surface area contributed by atoms with E-state index in [4.69, 9.17) is 9.94 Å². The number of benzene rings is 2. The molecule has 0 saturated carbocycles.